The van der Waals surface area contributed by atoms with Crippen molar-refractivity contribution in [1.82, 2.24) is 20.0 Å². The van der Waals surface area contributed by atoms with E-state index in [4.69, 9.17) is 4.52 Å². The van der Waals surface area contributed by atoms with Crippen LogP contribution in [-0.2, 0) is 6.18 Å². The van der Waals surface area contributed by atoms with E-state index in [1.165, 1.54) is 24.3 Å². The van der Waals surface area contributed by atoms with Crippen molar-refractivity contribution in [2.24, 2.45) is 0 Å². The Bertz CT molecular complexity index is 1250. The van der Waals surface area contributed by atoms with E-state index in [1.807, 2.05) is 6.08 Å². The van der Waals surface area contributed by atoms with Gasteiger partial charge in [0, 0.05) is 12.7 Å². The number of aryl methyl sites for hydroxylation is 1. The van der Waals surface area contributed by atoms with E-state index in [9.17, 15) is 22.4 Å². The zero-order valence-corrected chi connectivity index (χ0v) is 17.2. The molecule has 0 saturated carbocycles. The molecule has 2 atom stereocenters. The Morgan fingerprint density at radius 3 is 2.70 bits per heavy atom. The predicted molar refractivity (Wildman–Crippen MR) is 109 cm³/mol. The average Bonchev–Trinajstić information content (AvgIpc) is 3.49. The highest BCUT2D eigenvalue weighted by Crippen LogP contribution is 2.36. The number of halogens is 4. The second kappa shape index (κ2) is 7.68. The molecule has 3 heterocycles. The summed E-state index contributed by atoms with van der Waals surface area (Å²) in [5.74, 6) is -0.214. The first-order valence-electron chi connectivity index (χ1n) is 10.1. The summed E-state index contributed by atoms with van der Waals surface area (Å²) < 4.78 is 57.4. The van der Waals surface area contributed by atoms with Crippen molar-refractivity contribution < 1.29 is 26.9 Å². The molecular weight excluding hydrogens is 442 g/mol. The molecule has 2 aliphatic rings. The summed E-state index contributed by atoms with van der Waals surface area (Å²) in [5, 5.41) is 6.83. The first-order chi connectivity index (χ1) is 15.7. The molecule has 0 spiro atoms. The van der Waals surface area contributed by atoms with Gasteiger partial charge in [-0.2, -0.15) is 18.2 Å². The predicted octanol–water partition coefficient (Wildman–Crippen LogP) is 4.23. The smallest absolute Gasteiger partial charge is 0.365 e. The van der Waals surface area contributed by atoms with Crippen LogP contribution in [0.4, 0.5) is 23.4 Å². The van der Waals surface area contributed by atoms with Gasteiger partial charge in [0.25, 0.3) is 11.8 Å². The topological polar surface area (TPSA) is 84.2 Å². The second-order valence-electron chi connectivity index (χ2n) is 7.97. The van der Waals surface area contributed by atoms with Gasteiger partial charge in [-0.1, -0.05) is 16.8 Å². The van der Waals surface area contributed by atoms with Crippen LogP contribution in [0.5, 0.6) is 0 Å². The van der Waals surface area contributed by atoms with E-state index in [1.54, 1.807) is 11.8 Å². The van der Waals surface area contributed by atoms with Crippen molar-refractivity contribution >= 4 is 11.7 Å². The normalized spacial score (nSPS) is 19.7. The van der Waals surface area contributed by atoms with Gasteiger partial charge in [0.1, 0.15) is 11.6 Å². The van der Waals surface area contributed by atoms with Gasteiger partial charge >= 0.3 is 6.18 Å². The standard InChI is InChI=1S/C22H17F4N5O2/c1-11-28-20(33-30-11)16-8-14(23)3-4-15(16)21(32)31-10-12-6-17(18(31)7-12)29-19-5-2-13(9-27-19)22(24,25)26/h2-5,7-9,17-18H,6,10H2,1H3,(H,27,29). The van der Waals surface area contributed by atoms with Crippen LogP contribution in [0.25, 0.3) is 11.5 Å². The van der Waals surface area contributed by atoms with Gasteiger partial charge in [0.05, 0.1) is 28.8 Å². The van der Waals surface area contributed by atoms with Gasteiger partial charge in [-0.3, -0.25) is 4.79 Å². The minimum absolute atomic E-state index is 0.0416. The summed E-state index contributed by atoms with van der Waals surface area (Å²) in [5.41, 5.74) is 0.601. The Hall–Kier alpha value is -3.76. The third-order valence-corrected chi connectivity index (χ3v) is 5.69. The lowest BCUT2D eigenvalue weighted by Gasteiger charge is -2.34. The summed E-state index contributed by atoms with van der Waals surface area (Å²) in [4.78, 5) is 23.0. The number of fused-ring (bicyclic) bond motifs is 1. The van der Waals surface area contributed by atoms with E-state index >= 15 is 0 Å². The van der Waals surface area contributed by atoms with E-state index < -0.39 is 17.6 Å². The summed E-state index contributed by atoms with van der Waals surface area (Å²) in [7, 11) is 0. The van der Waals surface area contributed by atoms with Crippen LogP contribution in [0.3, 0.4) is 0 Å². The van der Waals surface area contributed by atoms with E-state index in [2.05, 4.69) is 20.4 Å². The Labute approximate surface area is 185 Å². The molecule has 1 aliphatic carbocycles. The van der Waals surface area contributed by atoms with E-state index in [0.29, 0.717) is 18.8 Å². The highest BCUT2D eigenvalue weighted by atomic mass is 19.4. The van der Waals surface area contributed by atoms with Crippen LogP contribution < -0.4 is 5.32 Å². The molecule has 1 amide bonds. The SMILES string of the molecule is Cc1noc(-c2cc(F)ccc2C(=O)N2CC3=CC2C(Nc2ccc(C(F)(F)F)cn2)C3)n1. The molecule has 2 unspecified atom stereocenters. The molecule has 1 aliphatic heterocycles. The van der Waals surface area contributed by atoms with Gasteiger partial charge in [-0.25, -0.2) is 9.37 Å². The zero-order chi connectivity index (χ0) is 23.3. The Kier molecular flexibility index (Phi) is 4.91. The molecule has 7 nitrogen and oxygen atoms in total. The Balaban J connectivity index is 1.37. The van der Waals surface area contributed by atoms with Gasteiger partial charge in [0.15, 0.2) is 5.82 Å². The minimum atomic E-state index is -4.46. The number of rotatable bonds is 4. The number of piperidine rings is 1. The first-order valence-corrected chi connectivity index (χ1v) is 10.1. The quantitative estimate of drug-likeness (QED) is 0.464. The number of carbonyl (C=O) groups is 1. The summed E-state index contributed by atoms with van der Waals surface area (Å²) in [6.07, 6.45) is -1.10. The van der Waals surface area contributed by atoms with Gasteiger partial charge in [-0.15, -0.1) is 0 Å². The van der Waals surface area contributed by atoms with Crippen molar-refractivity contribution in [3.63, 3.8) is 0 Å². The largest absolute Gasteiger partial charge is 0.417 e. The molecule has 5 rings (SSSR count). The maximum Gasteiger partial charge on any atom is 0.417 e. The fraction of sp³-hybridized carbons (Fsp3) is 0.273. The van der Waals surface area contributed by atoms with E-state index in [0.717, 1.165) is 17.8 Å². The highest BCUT2D eigenvalue weighted by molar-refractivity contribution is 6.00. The number of aromatic nitrogens is 3. The van der Waals surface area contributed by atoms with Crippen LogP contribution in [0.1, 0.15) is 28.2 Å². The van der Waals surface area contributed by atoms with Crippen LogP contribution in [0, 0.1) is 12.7 Å². The van der Waals surface area contributed by atoms with E-state index in [-0.39, 0.29) is 40.8 Å². The maximum absolute atomic E-state index is 13.9. The number of amides is 1. The lowest BCUT2D eigenvalue weighted by atomic mass is 10.0. The number of nitrogens with zero attached hydrogens (tertiary/aromatic N) is 4. The first kappa shape index (κ1) is 21.1. The summed E-state index contributed by atoms with van der Waals surface area (Å²) in [6.45, 7) is 2.02. The molecule has 1 aromatic carbocycles. The van der Waals surface area contributed by atoms with Crippen molar-refractivity contribution in [2.75, 3.05) is 11.9 Å². The number of hydrogen-bond donors (Lipinski definition) is 1. The molecule has 1 N–H and O–H groups in total. The summed E-state index contributed by atoms with van der Waals surface area (Å²) >= 11 is 0. The minimum Gasteiger partial charge on any atom is -0.365 e. The van der Waals surface area contributed by atoms with Crippen molar-refractivity contribution in [1.29, 1.82) is 0 Å². The van der Waals surface area contributed by atoms with Crippen LogP contribution in [0.2, 0.25) is 0 Å². The molecule has 0 radical (unpaired) electrons. The van der Waals surface area contributed by atoms with Crippen molar-refractivity contribution in [3.05, 3.63) is 70.9 Å². The third-order valence-electron chi connectivity index (χ3n) is 5.69. The second-order valence-corrected chi connectivity index (χ2v) is 7.97. The number of carbonyl (C=O) groups excluding carboxylic acids is 1. The van der Waals surface area contributed by atoms with Crippen LogP contribution in [-0.4, -0.2) is 44.6 Å². The van der Waals surface area contributed by atoms with Crippen LogP contribution in [0.15, 0.2) is 52.7 Å². The molecule has 170 valence electrons. The fourth-order valence-electron chi connectivity index (χ4n) is 4.20. The molecule has 0 saturated heterocycles. The number of alkyl halides is 3. The lowest BCUT2D eigenvalue weighted by Crippen LogP contribution is -2.48. The molecule has 2 bridgehead atoms. The van der Waals surface area contributed by atoms with Crippen molar-refractivity contribution in [3.8, 4) is 11.5 Å². The molecule has 0 fully saturated rings. The van der Waals surface area contributed by atoms with Gasteiger partial charge < -0.3 is 14.7 Å². The fourth-order valence-corrected chi connectivity index (χ4v) is 4.20. The maximum atomic E-state index is 13.9. The summed E-state index contributed by atoms with van der Waals surface area (Å²) in [6, 6.07) is 5.38. The molecule has 3 aromatic rings. The lowest BCUT2D eigenvalue weighted by molar-refractivity contribution is -0.137. The Morgan fingerprint density at radius 1 is 1.24 bits per heavy atom. The molecule has 33 heavy (non-hydrogen) atoms. The molecular formula is C22H17F4N5O2. The molecule has 2 aromatic heterocycles. The highest BCUT2D eigenvalue weighted by Gasteiger charge is 2.42. The molecule has 11 heteroatoms. The van der Waals surface area contributed by atoms with Gasteiger partial charge in [-0.05, 0) is 43.7 Å². The van der Waals surface area contributed by atoms with Crippen molar-refractivity contribution in [2.45, 2.75) is 31.6 Å². The van der Waals surface area contributed by atoms with Gasteiger partial charge in [0.2, 0.25) is 0 Å². The number of anilines is 1. The number of benzene rings is 1. The number of pyridine rings is 1. The Morgan fingerprint density at radius 2 is 2.06 bits per heavy atom. The number of nitrogens with one attached hydrogen (secondary N) is 1. The third kappa shape index (κ3) is 3.94. The van der Waals surface area contributed by atoms with Crippen LogP contribution >= 0.6 is 0 Å². The monoisotopic (exact) mass is 459 g/mol. The zero-order valence-electron chi connectivity index (χ0n) is 17.2. The average molecular weight is 459 g/mol. The number of hydrogen-bond acceptors (Lipinski definition) is 6. The number of likely N-dealkylation sites (tertiary alicyclic amines) is 1.